The van der Waals surface area contributed by atoms with Gasteiger partial charge in [0.2, 0.25) is 11.8 Å². The molecule has 0 aromatic heterocycles. The number of carbonyl (C=O) groups is 3. The van der Waals surface area contributed by atoms with Crippen LogP contribution in [0.3, 0.4) is 0 Å². The number of nitrogens with two attached hydrogens (primary N) is 3. The molecule has 0 bridgehead atoms. The second kappa shape index (κ2) is 21.3. The van der Waals surface area contributed by atoms with Crippen LogP contribution in [0.2, 0.25) is 0 Å². The fourth-order valence-electron chi connectivity index (χ4n) is 5.56. The molecule has 218 valence electrons. The summed E-state index contributed by atoms with van der Waals surface area (Å²) < 4.78 is 0. The van der Waals surface area contributed by atoms with Crippen molar-refractivity contribution in [1.29, 1.82) is 0 Å². The second-order valence-corrected chi connectivity index (χ2v) is 11.2. The molecule has 37 heavy (non-hydrogen) atoms. The summed E-state index contributed by atoms with van der Waals surface area (Å²) in [7, 11) is 0. The maximum atomic E-state index is 12.8. The molecule has 0 saturated heterocycles. The lowest BCUT2D eigenvalue weighted by molar-refractivity contribution is -0.169. The van der Waals surface area contributed by atoms with Crippen LogP contribution in [0, 0.1) is 5.41 Å². The maximum absolute atomic E-state index is 12.8. The van der Waals surface area contributed by atoms with Crippen molar-refractivity contribution >= 4 is 17.7 Å². The average molecular weight is 526 g/mol. The second-order valence-electron chi connectivity index (χ2n) is 11.2. The van der Waals surface area contributed by atoms with Gasteiger partial charge in [0.15, 0.2) is 5.60 Å². The van der Waals surface area contributed by atoms with Crippen LogP contribution in [0.4, 0.5) is 0 Å². The molecule has 0 fully saturated rings. The molecule has 0 rings (SSSR count). The van der Waals surface area contributed by atoms with E-state index < -0.39 is 35.2 Å². The fourth-order valence-corrected chi connectivity index (χ4v) is 5.56. The number of hydrogen-bond acceptors (Lipinski definition) is 4. The summed E-state index contributed by atoms with van der Waals surface area (Å²) >= 11 is 0. The van der Waals surface area contributed by atoms with Crippen LogP contribution in [0.5, 0.6) is 0 Å². The van der Waals surface area contributed by atoms with Crippen molar-refractivity contribution in [1.82, 2.24) is 0 Å². The summed E-state index contributed by atoms with van der Waals surface area (Å²) in [5.74, 6) is -2.76. The first-order valence-corrected chi connectivity index (χ1v) is 15.3. The standard InChI is InChI=1S/C30H59N3O4/c1-3-5-7-9-11-13-15-17-19-21-23-29(27(32)35,30(37,28(33)36)25-26(31)34)24-22-20-18-16-14-12-10-8-6-4-2/h37H,3-25H2,1-2H3,(H2,31,34)(H2,32,35)(H2,33,36). The van der Waals surface area contributed by atoms with Gasteiger partial charge < -0.3 is 22.3 Å². The maximum Gasteiger partial charge on any atom is 0.251 e. The minimum Gasteiger partial charge on any atom is -0.378 e. The first kappa shape index (κ1) is 35.4. The van der Waals surface area contributed by atoms with Gasteiger partial charge in [-0.05, 0) is 12.8 Å². The van der Waals surface area contributed by atoms with E-state index in [4.69, 9.17) is 17.2 Å². The Balaban J connectivity index is 4.95. The van der Waals surface area contributed by atoms with E-state index in [0.29, 0.717) is 12.8 Å². The highest BCUT2D eigenvalue weighted by molar-refractivity contribution is 5.97. The van der Waals surface area contributed by atoms with E-state index in [9.17, 15) is 19.5 Å². The molecule has 1 unspecified atom stereocenters. The topological polar surface area (TPSA) is 150 Å². The SMILES string of the molecule is CCCCCCCCCCCCC(CCCCCCCCCCCC)(C(N)=O)C(O)(CC(N)=O)C(N)=O. The zero-order valence-corrected chi connectivity index (χ0v) is 24.2. The predicted octanol–water partition coefficient (Wildman–Crippen LogP) is 6.17. The Hall–Kier alpha value is -1.63. The number of rotatable bonds is 27. The Labute approximate surface area is 227 Å². The van der Waals surface area contributed by atoms with Gasteiger partial charge >= 0.3 is 0 Å². The zero-order valence-electron chi connectivity index (χ0n) is 24.2. The molecule has 0 radical (unpaired) electrons. The van der Waals surface area contributed by atoms with Crippen LogP contribution < -0.4 is 17.2 Å². The molecule has 0 aliphatic rings. The molecule has 0 aromatic rings. The third kappa shape index (κ3) is 14.2. The molecule has 0 aromatic carbocycles. The van der Waals surface area contributed by atoms with E-state index in [1.807, 2.05) is 0 Å². The van der Waals surface area contributed by atoms with Crippen LogP contribution >= 0.6 is 0 Å². The fraction of sp³-hybridized carbons (Fsp3) is 0.900. The lowest BCUT2D eigenvalue weighted by Crippen LogP contribution is -2.63. The number of aliphatic hydroxyl groups is 1. The highest BCUT2D eigenvalue weighted by atomic mass is 16.3. The minimum atomic E-state index is -2.37. The van der Waals surface area contributed by atoms with E-state index in [1.54, 1.807) is 0 Å². The van der Waals surface area contributed by atoms with Crippen LogP contribution in [0.15, 0.2) is 0 Å². The van der Waals surface area contributed by atoms with E-state index in [0.717, 1.165) is 38.5 Å². The van der Waals surface area contributed by atoms with Crippen molar-refractivity contribution in [2.75, 3.05) is 0 Å². The highest BCUT2D eigenvalue weighted by Crippen LogP contribution is 2.44. The molecule has 7 N–H and O–H groups in total. The summed E-state index contributed by atoms with van der Waals surface area (Å²) in [4.78, 5) is 37.0. The van der Waals surface area contributed by atoms with Crippen molar-refractivity contribution in [3.63, 3.8) is 0 Å². The van der Waals surface area contributed by atoms with Crippen LogP contribution in [-0.2, 0) is 14.4 Å². The zero-order chi connectivity index (χ0) is 28.0. The van der Waals surface area contributed by atoms with Crippen LogP contribution in [-0.4, -0.2) is 28.4 Å². The molecule has 0 spiro atoms. The Morgan fingerprint density at radius 1 is 0.514 bits per heavy atom. The van der Waals surface area contributed by atoms with E-state index in [2.05, 4.69) is 13.8 Å². The van der Waals surface area contributed by atoms with Gasteiger partial charge in [0.25, 0.3) is 5.91 Å². The smallest absolute Gasteiger partial charge is 0.251 e. The van der Waals surface area contributed by atoms with Gasteiger partial charge in [0.05, 0.1) is 11.8 Å². The first-order valence-electron chi connectivity index (χ1n) is 15.3. The van der Waals surface area contributed by atoms with Crippen molar-refractivity contribution < 1.29 is 19.5 Å². The molecule has 0 heterocycles. The van der Waals surface area contributed by atoms with Crippen LogP contribution in [0.1, 0.15) is 162 Å². The van der Waals surface area contributed by atoms with Gasteiger partial charge in [0.1, 0.15) is 0 Å². The largest absolute Gasteiger partial charge is 0.378 e. The van der Waals surface area contributed by atoms with Gasteiger partial charge in [-0.15, -0.1) is 0 Å². The summed E-state index contributed by atoms with van der Waals surface area (Å²) in [6, 6.07) is 0. The summed E-state index contributed by atoms with van der Waals surface area (Å²) in [5.41, 5.74) is 12.8. The van der Waals surface area contributed by atoms with Crippen molar-refractivity contribution in [2.45, 2.75) is 167 Å². The van der Waals surface area contributed by atoms with Gasteiger partial charge in [-0.2, -0.15) is 0 Å². The Morgan fingerprint density at radius 3 is 1.05 bits per heavy atom. The highest BCUT2D eigenvalue weighted by Gasteiger charge is 2.58. The molecule has 0 aliphatic carbocycles. The average Bonchev–Trinajstić information content (AvgIpc) is 2.84. The number of carbonyl (C=O) groups excluding carboxylic acids is 3. The Kier molecular flexibility index (Phi) is 20.4. The molecule has 0 aliphatic heterocycles. The Morgan fingerprint density at radius 2 is 0.811 bits per heavy atom. The molecule has 0 saturated carbocycles. The van der Waals surface area contributed by atoms with E-state index in [1.165, 1.54) is 77.0 Å². The predicted molar refractivity (Wildman–Crippen MR) is 153 cm³/mol. The third-order valence-electron chi connectivity index (χ3n) is 8.02. The summed E-state index contributed by atoms with van der Waals surface area (Å²) in [6.07, 6.45) is 22.1. The van der Waals surface area contributed by atoms with Gasteiger partial charge in [-0.3, -0.25) is 14.4 Å². The number of amides is 3. The van der Waals surface area contributed by atoms with Gasteiger partial charge in [-0.1, -0.05) is 142 Å². The Bertz CT molecular complexity index is 602. The van der Waals surface area contributed by atoms with Gasteiger partial charge in [-0.25, -0.2) is 0 Å². The molecule has 7 heteroatoms. The number of primary amides is 3. The van der Waals surface area contributed by atoms with Crippen LogP contribution in [0.25, 0.3) is 0 Å². The molecular formula is C30H59N3O4. The quantitative estimate of drug-likeness (QED) is 0.0948. The summed E-state index contributed by atoms with van der Waals surface area (Å²) in [6.45, 7) is 4.43. The molecule has 1 atom stereocenters. The monoisotopic (exact) mass is 525 g/mol. The lowest BCUT2D eigenvalue weighted by atomic mass is 9.63. The minimum absolute atomic E-state index is 0.225. The molecule has 7 nitrogen and oxygen atoms in total. The van der Waals surface area contributed by atoms with Crippen molar-refractivity contribution in [3.8, 4) is 0 Å². The third-order valence-corrected chi connectivity index (χ3v) is 8.02. The van der Waals surface area contributed by atoms with Crippen molar-refractivity contribution in [3.05, 3.63) is 0 Å². The van der Waals surface area contributed by atoms with E-state index in [-0.39, 0.29) is 12.8 Å². The molecule has 3 amide bonds. The molecular weight excluding hydrogens is 466 g/mol. The van der Waals surface area contributed by atoms with Crippen molar-refractivity contribution in [2.24, 2.45) is 22.6 Å². The number of unbranched alkanes of at least 4 members (excludes halogenated alkanes) is 18. The summed E-state index contributed by atoms with van der Waals surface area (Å²) in [5, 5.41) is 11.4. The lowest BCUT2D eigenvalue weighted by Gasteiger charge is -2.43. The number of hydrogen-bond donors (Lipinski definition) is 4. The normalized spacial score (nSPS) is 13.4. The van der Waals surface area contributed by atoms with Gasteiger partial charge in [0, 0.05) is 0 Å². The van der Waals surface area contributed by atoms with E-state index >= 15 is 0 Å². The first-order chi connectivity index (χ1) is 17.7.